The molecule has 1 amide bonds. The van der Waals surface area contributed by atoms with E-state index in [1.807, 2.05) is 21.8 Å². The number of rotatable bonds is 4. The number of hydrogen-bond donors (Lipinski definition) is 2. The molecule has 3 heterocycles. The van der Waals surface area contributed by atoms with E-state index < -0.39 is 12.2 Å². The summed E-state index contributed by atoms with van der Waals surface area (Å²) in [4.78, 5) is 14.2. The topological polar surface area (TPSA) is 87.8 Å². The Morgan fingerprint density at radius 3 is 2.74 bits per heavy atom. The summed E-state index contributed by atoms with van der Waals surface area (Å²) in [5.74, 6) is 0.170. The molecule has 0 aliphatic carbocycles. The average molecular weight is 323 g/mol. The summed E-state index contributed by atoms with van der Waals surface area (Å²) >= 11 is 0. The minimum Gasteiger partial charge on any atom is -0.390 e. The molecule has 0 radical (unpaired) electrons. The van der Waals surface area contributed by atoms with Gasteiger partial charge in [-0.25, -0.2) is 0 Å². The van der Waals surface area contributed by atoms with E-state index in [0.29, 0.717) is 25.9 Å². The van der Waals surface area contributed by atoms with Crippen LogP contribution in [0.4, 0.5) is 0 Å². The third-order valence-corrected chi connectivity index (χ3v) is 4.95. The highest BCUT2D eigenvalue weighted by Gasteiger charge is 2.43. The number of aliphatic hydroxyl groups is 2. The Kier molecular flexibility index (Phi) is 4.99. The summed E-state index contributed by atoms with van der Waals surface area (Å²) in [6.45, 7) is 2.25. The van der Waals surface area contributed by atoms with E-state index >= 15 is 0 Å². The molecule has 7 nitrogen and oxygen atoms in total. The van der Waals surface area contributed by atoms with Gasteiger partial charge in [-0.3, -0.25) is 9.48 Å². The zero-order valence-corrected chi connectivity index (χ0v) is 13.3. The molecule has 7 heteroatoms. The predicted molar refractivity (Wildman–Crippen MR) is 82.6 cm³/mol. The lowest BCUT2D eigenvalue weighted by atomic mass is 9.82. The predicted octanol–water partition coefficient (Wildman–Crippen LogP) is 0.167. The number of likely N-dealkylation sites (tertiary alicyclic amines) is 1. The van der Waals surface area contributed by atoms with Crippen LogP contribution in [0.2, 0.25) is 0 Å². The summed E-state index contributed by atoms with van der Waals surface area (Å²) < 4.78 is 7.62. The molecule has 3 rings (SSSR count). The van der Waals surface area contributed by atoms with E-state index in [-0.39, 0.29) is 18.1 Å². The molecular formula is C16H25N3O4. The van der Waals surface area contributed by atoms with Crippen LogP contribution >= 0.6 is 0 Å². The molecule has 1 spiro atoms. The molecule has 2 aliphatic heterocycles. The lowest BCUT2D eigenvalue weighted by Crippen LogP contribution is -2.55. The molecule has 0 aromatic carbocycles. The van der Waals surface area contributed by atoms with Crippen LogP contribution in [0.1, 0.15) is 32.1 Å². The molecule has 0 saturated carbocycles. The highest BCUT2D eigenvalue weighted by molar-refractivity contribution is 5.76. The van der Waals surface area contributed by atoms with Crippen LogP contribution in [-0.2, 0) is 16.1 Å². The van der Waals surface area contributed by atoms with Crippen LogP contribution < -0.4 is 0 Å². The van der Waals surface area contributed by atoms with Gasteiger partial charge in [0.1, 0.15) is 6.10 Å². The van der Waals surface area contributed by atoms with E-state index in [9.17, 15) is 15.0 Å². The van der Waals surface area contributed by atoms with Crippen molar-refractivity contribution in [3.05, 3.63) is 18.5 Å². The highest BCUT2D eigenvalue weighted by atomic mass is 16.5. The van der Waals surface area contributed by atoms with Crippen LogP contribution in [0.25, 0.3) is 0 Å². The minimum absolute atomic E-state index is 0.170. The standard InChI is InChI=1S/C16H25N3O4/c20-13-11-16(23-12-14(13)21)4-9-18(10-5-16)15(22)3-1-7-19-8-2-6-17-19/h2,6,8,13-14,20-21H,1,3-5,7,9-12H2/t13-,14+/m1/s1. The van der Waals surface area contributed by atoms with Crippen LogP contribution in [0.15, 0.2) is 18.5 Å². The second-order valence-electron chi connectivity index (χ2n) is 6.59. The van der Waals surface area contributed by atoms with Crippen LogP contribution in [0, 0.1) is 0 Å². The Bertz CT molecular complexity index is 511. The van der Waals surface area contributed by atoms with Crippen molar-refractivity contribution in [1.29, 1.82) is 0 Å². The van der Waals surface area contributed by atoms with Crippen molar-refractivity contribution < 1.29 is 19.7 Å². The number of aliphatic hydroxyl groups excluding tert-OH is 2. The molecule has 2 fully saturated rings. The summed E-state index contributed by atoms with van der Waals surface area (Å²) in [5.41, 5.74) is -0.371. The van der Waals surface area contributed by atoms with E-state index in [0.717, 1.165) is 25.8 Å². The molecule has 2 aliphatic rings. The Hall–Kier alpha value is -1.44. The zero-order valence-electron chi connectivity index (χ0n) is 13.3. The van der Waals surface area contributed by atoms with Gasteiger partial charge in [-0.1, -0.05) is 0 Å². The van der Waals surface area contributed by atoms with Crippen molar-refractivity contribution in [2.75, 3.05) is 19.7 Å². The normalized spacial score (nSPS) is 27.3. The minimum atomic E-state index is -0.789. The number of ether oxygens (including phenoxy) is 1. The molecule has 2 N–H and O–H groups in total. The quantitative estimate of drug-likeness (QED) is 0.824. The smallest absolute Gasteiger partial charge is 0.222 e. The molecule has 23 heavy (non-hydrogen) atoms. The fourth-order valence-electron chi connectivity index (χ4n) is 3.44. The van der Waals surface area contributed by atoms with Gasteiger partial charge in [-0.15, -0.1) is 0 Å². The second kappa shape index (κ2) is 6.98. The summed E-state index contributed by atoms with van der Waals surface area (Å²) in [5, 5.41) is 23.5. The van der Waals surface area contributed by atoms with Gasteiger partial charge in [0.15, 0.2) is 0 Å². The molecule has 1 aromatic heterocycles. The summed E-state index contributed by atoms with van der Waals surface area (Å²) in [6, 6.07) is 1.88. The lowest BCUT2D eigenvalue weighted by molar-refractivity contribution is -0.188. The van der Waals surface area contributed by atoms with Gasteiger partial charge in [0, 0.05) is 44.9 Å². The number of carbonyl (C=O) groups is 1. The Morgan fingerprint density at radius 2 is 2.09 bits per heavy atom. The SMILES string of the molecule is O=C(CCCn1cccn1)N1CCC2(CC1)C[C@@H](O)[C@@H](O)CO2. The molecule has 2 atom stereocenters. The van der Waals surface area contributed by atoms with Crippen molar-refractivity contribution in [1.82, 2.24) is 14.7 Å². The second-order valence-corrected chi connectivity index (χ2v) is 6.59. The van der Waals surface area contributed by atoms with E-state index in [1.165, 1.54) is 0 Å². The van der Waals surface area contributed by atoms with Crippen molar-refractivity contribution in [2.45, 2.75) is 56.5 Å². The van der Waals surface area contributed by atoms with Gasteiger partial charge in [-0.2, -0.15) is 5.10 Å². The fraction of sp³-hybridized carbons (Fsp3) is 0.750. The van der Waals surface area contributed by atoms with Crippen molar-refractivity contribution >= 4 is 5.91 Å². The zero-order chi connectivity index (χ0) is 16.3. The molecule has 0 unspecified atom stereocenters. The number of hydrogen-bond acceptors (Lipinski definition) is 5. The van der Waals surface area contributed by atoms with Gasteiger partial charge in [0.25, 0.3) is 0 Å². The summed E-state index contributed by atoms with van der Waals surface area (Å²) in [6.07, 6.45) is 5.33. The van der Waals surface area contributed by atoms with Crippen LogP contribution in [0.5, 0.6) is 0 Å². The average Bonchev–Trinajstić information content (AvgIpc) is 3.05. The first-order valence-electron chi connectivity index (χ1n) is 8.33. The Morgan fingerprint density at radius 1 is 1.30 bits per heavy atom. The van der Waals surface area contributed by atoms with Gasteiger partial charge in [0.2, 0.25) is 5.91 Å². The Balaban J connectivity index is 1.42. The third-order valence-electron chi connectivity index (χ3n) is 4.95. The van der Waals surface area contributed by atoms with Crippen LogP contribution in [-0.4, -0.2) is 68.3 Å². The van der Waals surface area contributed by atoms with Gasteiger partial charge >= 0.3 is 0 Å². The Labute approximate surface area is 135 Å². The third kappa shape index (κ3) is 3.91. The monoisotopic (exact) mass is 323 g/mol. The van der Waals surface area contributed by atoms with Crippen molar-refractivity contribution in [3.8, 4) is 0 Å². The van der Waals surface area contributed by atoms with Gasteiger partial charge in [0.05, 0.1) is 18.3 Å². The first kappa shape index (κ1) is 16.4. The maximum absolute atomic E-state index is 12.3. The molecule has 2 saturated heterocycles. The van der Waals surface area contributed by atoms with E-state index in [4.69, 9.17) is 4.74 Å². The molecular weight excluding hydrogens is 298 g/mol. The van der Waals surface area contributed by atoms with E-state index in [2.05, 4.69) is 5.10 Å². The first-order chi connectivity index (χ1) is 11.1. The number of aromatic nitrogens is 2. The fourth-order valence-corrected chi connectivity index (χ4v) is 3.44. The van der Waals surface area contributed by atoms with Gasteiger partial charge in [-0.05, 0) is 25.3 Å². The van der Waals surface area contributed by atoms with Crippen molar-refractivity contribution in [3.63, 3.8) is 0 Å². The number of piperidine rings is 1. The van der Waals surface area contributed by atoms with Crippen molar-refractivity contribution in [2.24, 2.45) is 0 Å². The number of carbonyl (C=O) groups excluding carboxylic acids is 1. The molecule has 0 bridgehead atoms. The number of amides is 1. The maximum Gasteiger partial charge on any atom is 0.222 e. The van der Waals surface area contributed by atoms with E-state index in [1.54, 1.807) is 6.20 Å². The summed E-state index contributed by atoms with van der Waals surface area (Å²) in [7, 11) is 0. The largest absolute Gasteiger partial charge is 0.390 e. The number of nitrogens with zero attached hydrogens (tertiary/aromatic N) is 3. The maximum atomic E-state index is 12.3. The highest BCUT2D eigenvalue weighted by Crippen LogP contribution is 2.35. The number of aryl methyl sites for hydroxylation is 1. The van der Waals surface area contributed by atoms with Crippen LogP contribution in [0.3, 0.4) is 0 Å². The first-order valence-corrected chi connectivity index (χ1v) is 8.33. The lowest BCUT2D eigenvalue weighted by Gasteiger charge is -2.46. The van der Waals surface area contributed by atoms with Gasteiger partial charge < -0.3 is 19.8 Å². The molecule has 1 aromatic rings. The molecule has 128 valence electrons.